The molecule has 80 valence electrons. The van der Waals surface area contributed by atoms with Crippen LogP contribution in [0.5, 0.6) is 0 Å². The Kier molecular flexibility index (Phi) is 8.46. The molecule has 1 aliphatic rings. The normalized spacial score (nSPS) is 26.8. The number of hydrogen-bond donors (Lipinski definition) is 2. The van der Waals surface area contributed by atoms with Gasteiger partial charge in [0.2, 0.25) is 0 Å². The van der Waals surface area contributed by atoms with Crippen molar-refractivity contribution >= 4 is 0 Å². The Hall–Kier alpha value is -0.0800. The van der Waals surface area contributed by atoms with Crippen LogP contribution in [0.3, 0.4) is 0 Å². The minimum Gasteiger partial charge on any atom is -0.328 e. The molecule has 0 amide bonds. The molecule has 1 saturated carbocycles. The van der Waals surface area contributed by atoms with Crippen molar-refractivity contribution in [2.45, 2.75) is 70.9 Å². The van der Waals surface area contributed by atoms with Gasteiger partial charge in [0, 0.05) is 12.1 Å². The third-order valence-corrected chi connectivity index (χ3v) is 2.47. The lowest BCUT2D eigenvalue weighted by molar-refractivity contribution is 0.666. The summed E-state index contributed by atoms with van der Waals surface area (Å²) < 4.78 is 0. The lowest BCUT2D eigenvalue weighted by Crippen LogP contribution is -2.20. The average molecular weight is 186 g/mol. The topological polar surface area (TPSA) is 52.0 Å². The van der Waals surface area contributed by atoms with E-state index in [1.165, 1.54) is 25.7 Å². The summed E-state index contributed by atoms with van der Waals surface area (Å²) in [6, 6.07) is 0.796. The van der Waals surface area contributed by atoms with Crippen LogP contribution in [0.25, 0.3) is 0 Å². The maximum atomic E-state index is 5.55. The molecule has 0 aliphatic heterocycles. The maximum absolute atomic E-state index is 5.55. The van der Waals surface area contributed by atoms with Crippen molar-refractivity contribution in [1.82, 2.24) is 0 Å². The predicted molar refractivity (Wildman–Crippen MR) is 59.6 cm³/mol. The molecule has 0 spiro atoms. The second kappa shape index (κ2) is 8.52. The highest BCUT2D eigenvalue weighted by Gasteiger charge is 2.16. The Balaban J connectivity index is 0.000000226. The van der Waals surface area contributed by atoms with Crippen molar-refractivity contribution in [3.8, 4) is 0 Å². The molecular weight excluding hydrogens is 160 g/mol. The van der Waals surface area contributed by atoms with Gasteiger partial charge in [-0.1, -0.05) is 39.5 Å². The van der Waals surface area contributed by atoms with Crippen LogP contribution in [0.1, 0.15) is 58.8 Å². The van der Waals surface area contributed by atoms with E-state index in [0.29, 0.717) is 12.1 Å². The molecule has 0 saturated heterocycles. The largest absolute Gasteiger partial charge is 0.328 e. The molecule has 2 unspecified atom stereocenters. The zero-order chi connectivity index (χ0) is 10.1. The van der Waals surface area contributed by atoms with Gasteiger partial charge in [-0.05, 0) is 19.3 Å². The van der Waals surface area contributed by atoms with E-state index >= 15 is 0 Å². The van der Waals surface area contributed by atoms with E-state index in [1.807, 2.05) is 0 Å². The third-order valence-electron chi connectivity index (χ3n) is 2.47. The summed E-state index contributed by atoms with van der Waals surface area (Å²) in [5.41, 5.74) is 11.1. The fourth-order valence-electron chi connectivity index (χ4n) is 1.55. The molecule has 1 aliphatic carbocycles. The average Bonchev–Trinajstić information content (AvgIpc) is 2.47. The quantitative estimate of drug-likeness (QED) is 0.665. The first-order valence-corrected chi connectivity index (χ1v) is 5.71. The molecule has 2 nitrogen and oxygen atoms in total. The first-order valence-electron chi connectivity index (χ1n) is 5.71. The van der Waals surface area contributed by atoms with Crippen LogP contribution in [-0.4, -0.2) is 12.1 Å². The van der Waals surface area contributed by atoms with Crippen LogP contribution < -0.4 is 11.5 Å². The van der Waals surface area contributed by atoms with Crippen LogP contribution in [-0.2, 0) is 0 Å². The number of nitrogens with two attached hydrogens (primary N) is 2. The highest BCUT2D eigenvalue weighted by Crippen LogP contribution is 2.13. The molecule has 2 atom stereocenters. The second-order valence-corrected chi connectivity index (χ2v) is 4.04. The molecule has 0 radical (unpaired) electrons. The summed E-state index contributed by atoms with van der Waals surface area (Å²) in [7, 11) is 0. The molecule has 0 bridgehead atoms. The van der Waals surface area contributed by atoms with Gasteiger partial charge in [-0.25, -0.2) is 0 Å². The van der Waals surface area contributed by atoms with E-state index in [4.69, 9.17) is 11.5 Å². The van der Waals surface area contributed by atoms with Gasteiger partial charge >= 0.3 is 0 Å². The third kappa shape index (κ3) is 8.26. The molecular formula is C11H26N2. The first kappa shape index (κ1) is 12.9. The number of hydrogen-bond acceptors (Lipinski definition) is 2. The van der Waals surface area contributed by atoms with Crippen LogP contribution in [0.4, 0.5) is 0 Å². The second-order valence-electron chi connectivity index (χ2n) is 4.04. The van der Waals surface area contributed by atoms with Crippen molar-refractivity contribution in [3.05, 3.63) is 0 Å². The van der Waals surface area contributed by atoms with E-state index in [2.05, 4.69) is 13.8 Å². The van der Waals surface area contributed by atoms with Crippen LogP contribution >= 0.6 is 0 Å². The summed E-state index contributed by atoms with van der Waals surface area (Å²) in [5.74, 6) is 0. The predicted octanol–water partition coefficient (Wildman–Crippen LogP) is 2.41. The van der Waals surface area contributed by atoms with Gasteiger partial charge in [-0.3, -0.25) is 0 Å². The fourth-order valence-corrected chi connectivity index (χ4v) is 1.55. The van der Waals surface area contributed by atoms with Gasteiger partial charge in [0.05, 0.1) is 0 Å². The Morgan fingerprint density at radius 2 is 1.31 bits per heavy atom. The first-order chi connectivity index (χ1) is 6.20. The SMILES string of the molecule is CCCCCC.NC1CCC(N)C1. The van der Waals surface area contributed by atoms with E-state index in [9.17, 15) is 0 Å². The van der Waals surface area contributed by atoms with Crippen LogP contribution in [0, 0.1) is 0 Å². The Morgan fingerprint density at radius 3 is 1.46 bits per heavy atom. The minimum absolute atomic E-state index is 0.398. The zero-order valence-electron chi connectivity index (χ0n) is 9.26. The van der Waals surface area contributed by atoms with E-state index in [1.54, 1.807) is 0 Å². The van der Waals surface area contributed by atoms with E-state index in [0.717, 1.165) is 19.3 Å². The monoisotopic (exact) mass is 186 g/mol. The Bertz CT molecular complexity index is 92.3. The zero-order valence-corrected chi connectivity index (χ0v) is 9.26. The van der Waals surface area contributed by atoms with Gasteiger partial charge in [-0.15, -0.1) is 0 Å². The molecule has 0 aromatic carbocycles. The fraction of sp³-hybridized carbons (Fsp3) is 1.00. The molecule has 0 aromatic heterocycles. The van der Waals surface area contributed by atoms with Crippen molar-refractivity contribution in [2.75, 3.05) is 0 Å². The van der Waals surface area contributed by atoms with E-state index in [-0.39, 0.29) is 0 Å². The smallest absolute Gasteiger partial charge is 0.00541 e. The van der Waals surface area contributed by atoms with Gasteiger partial charge < -0.3 is 11.5 Å². The molecule has 4 N–H and O–H groups in total. The number of rotatable bonds is 3. The van der Waals surface area contributed by atoms with Crippen molar-refractivity contribution in [2.24, 2.45) is 11.5 Å². The molecule has 1 fully saturated rings. The molecule has 1 rings (SSSR count). The minimum atomic E-state index is 0.398. The van der Waals surface area contributed by atoms with Crippen LogP contribution in [0.15, 0.2) is 0 Å². The van der Waals surface area contributed by atoms with Gasteiger partial charge in [0.15, 0.2) is 0 Å². The standard InChI is InChI=1S/C6H14.C5H12N2/c1-3-5-6-4-2;6-4-1-2-5(7)3-4/h3-6H2,1-2H3;4-5H,1-3,6-7H2. The van der Waals surface area contributed by atoms with Crippen molar-refractivity contribution in [1.29, 1.82) is 0 Å². The molecule has 0 aromatic rings. The Morgan fingerprint density at radius 1 is 0.923 bits per heavy atom. The summed E-state index contributed by atoms with van der Waals surface area (Å²) >= 11 is 0. The van der Waals surface area contributed by atoms with Crippen LogP contribution in [0.2, 0.25) is 0 Å². The Labute approximate surface area is 83.1 Å². The van der Waals surface area contributed by atoms with Gasteiger partial charge in [0.25, 0.3) is 0 Å². The van der Waals surface area contributed by atoms with Gasteiger partial charge in [-0.2, -0.15) is 0 Å². The molecule has 0 heterocycles. The summed E-state index contributed by atoms with van der Waals surface area (Å²) in [6.07, 6.45) is 8.82. The van der Waals surface area contributed by atoms with E-state index < -0.39 is 0 Å². The molecule has 13 heavy (non-hydrogen) atoms. The highest BCUT2D eigenvalue weighted by molar-refractivity contribution is 4.79. The molecule has 2 heteroatoms. The highest BCUT2D eigenvalue weighted by atomic mass is 14.7. The lowest BCUT2D eigenvalue weighted by atomic mass is 10.2. The summed E-state index contributed by atoms with van der Waals surface area (Å²) in [4.78, 5) is 0. The van der Waals surface area contributed by atoms with Crippen molar-refractivity contribution < 1.29 is 0 Å². The number of unbranched alkanes of at least 4 members (excludes halogenated alkanes) is 3. The maximum Gasteiger partial charge on any atom is 0.00541 e. The lowest BCUT2D eigenvalue weighted by Gasteiger charge is -1.97. The summed E-state index contributed by atoms with van der Waals surface area (Å²) in [5, 5.41) is 0. The van der Waals surface area contributed by atoms with Crippen molar-refractivity contribution in [3.63, 3.8) is 0 Å². The van der Waals surface area contributed by atoms with Gasteiger partial charge in [0.1, 0.15) is 0 Å². The summed E-state index contributed by atoms with van der Waals surface area (Å²) in [6.45, 7) is 4.46.